The van der Waals surface area contributed by atoms with Crippen LogP contribution in [0.2, 0.25) is 0 Å². The van der Waals surface area contributed by atoms with Crippen molar-refractivity contribution in [2.24, 2.45) is 11.3 Å². The average molecular weight is 312 g/mol. The standard InChI is InChI=1S/C11H15F7O2/c1-8(2,3)6(7(19)20-4)5-9(12,13)10(14,15)11(16,17)18/h6H,5H2,1-4H3. The van der Waals surface area contributed by atoms with Crippen LogP contribution in [0.25, 0.3) is 0 Å². The van der Waals surface area contributed by atoms with Crippen LogP contribution in [0.5, 0.6) is 0 Å². The van der Waals surface area contributed by atoms with Gasteiger partial charge in [-0.05, 0) is 5.41 Å². The van der Waals surface area contributed by atoms with Gasteiger partial charge >= 0.3 is 24.0 Å². The van der Waals surface area contributed by atoms with Crippen molar-refractivity contribution in [2.75, 3.05) is 7.11 Å². The number of hydrogen-bond donors (Lipinski definition) is 0. The molecule has 1 unspecified atom stereocenters. The van der Waals surface area contributed by atoms with Crippen molar-refractivity contribution in [1.29, 1.82) is 0 Å². The molecule has 0 rings (SSSR count). The topological polar surface area (TPSA) is 26.3 Å². The van der Waals surface area contributed by atoms with E-state index in [1.165, 1.54) is 20.8 Å². The van der Waals surface area contributed by atoms with Gasteiger partial charge in [-0.15, -0.1) is 0 Å². The first-order valence-electron chi connectivity index (χ1n) is 5.48. The van der Waals surface area contributed by atoms with Crippen LogP contribution in [0.1, 0.15) is 27.2 Å². The molecule has 0 radical (unpaired) electrons. The number of carbonyl (C=O) groups excluding carboxylic acids is 1. The van der Waals surface area contributed by atoms with Crippen molar-refractivity contribution < 1.29 is 40.3 Å². The quantitative estimate of drug-likeness (QED) is 0.578. The molecule has 0 spiro atoms. The summed E-state index contributed by atoms with van der Waals surface area (Å²) in [6.45, 7) is 3.78. The first kappa shape index (κ1) is 19.0. The van der Waals surface area contributed by atoms with Crippen LogP contribution in [0.4, 0.5) is 30.7 Å². The average Bonchev–Trinajstić information content (AvgIpc) is 2.21. The summed E-state index contributed by atoms with van der Waals surface area (Å²) < 4.78 is 92.4. The normalized spacial score (nSPS) is 15.9. The van der Waals surface area contributed by atoms with Crippen molar-refractivity contribution in [3.05, 3.63) is 0 Å². The van der Waals surface area contributed by atoms with Crippen LogP contribution >= 0.6 is 0 Å². The number of halogens is 7. The van der Waals surface area contributed by atoms with Gasteiger partial charge in [0, 0.05) is 6.42 Å². The number of alkyl halides is 7. The molecule has 0 aliphatic carbocycles. The minimum atomic E-state index is -6.41. The Hall–Kier alpha value is -1.02. The van der Waals surface area contributed by atoms with Gasteiger partial charge in [0.1, 0.15) is 0 Å². The first-order valence-corrected chi connectivity index (χ1v) is 5.48. The molecule has 0 amide bonds. The molecule has 0 saturated carbocycles. The fourth-order valence-corrected chi connectivity index (χ4v) is 1.48. The van der Waals surface area contributed by atoms with Gasteiger partial charge in [-0.25, -0.2) is 0 Å². The number of rotatable bonds is 4. The molecule has 0 aliphatic rings. The van der Waals surface area contributed by atoms with Crippen LogP contribution < -0.4 is 0 Å². The highest BCUT2D eigenvalue weighted by molar-refractivity contribution is 5.73. The number of esters is 1. The van der Waals surface area contributed by atoms with Gasteiger partial charge in [0.2, 0.25) is 0 Å². The second-order valence-corrected chi connectivity index (χ2v) is 5.42. The molecule has 9 heteroatoms. The highest BCUT2D eigenvalue weighted by atomic mass is 19.4. The minimum Gasteiger partial charge on any atom is -0.469 e. The predicted octanol–water partition coefficient (Wildman–Crippen LogP) is 4.04. The molecule has 0 aromatic carbocycles. The highest BCUT2D eigenvalue weighted by Crippen LogP contribution is 2.50. The Kier molecular flexibility index (Phi) is 5.13. The van der Waals surface area contributed by atoms with Gasteiger partial charge in [0.15, 0.2) is 0 Å². The van der Waals surface area contributed by atoms with Gasteiger partial charge in [-0.3, -0.25) is 4.79 Å². The lowest BCUT2D eigenvalue weighted by molar-refractivity contribution is -0.358. The molecule has 0 aliphatic heterocycles. The van der Waals surface area contributed by atoms with Crippen molar-refractivity contribution >= 4 is 5.97 Å². The maximum absolute atomic E-state index is 13.3. The van der Waals surface area contributed by atoms with E-state index in [2.05, 4.69) is 4.74 Å². The van der Waals surface area contributed by atoms with Gasteiger partial charge in [-0.1, -0.05) is 20.8 Å². The number of methoxy groups -OCH3 is 1. The Morgan fingerprint density at radius 1 is 1.00 bits per heavy atom. The van der Waals surface area contributed by atoms with Crippen molar-refractivity contribution in [3.63, 3.8) is 0 Å². The van der Waals surface area contributed by atoms with Crippen LogP contribution in [0.15, 0.2) is 0 Å². The number of hydrogen-bond acceptors (Lipinski definition) is 2. The maximum Gasteiger partial charge on any atom is 0.459 e. The number of carbonyl (C=O) groups is 1. The van der Waals surface area contributed by atoms with E-state index in [1.807, 2.05) is 0 Å². The van der Waals surface area contributed by atoms with Gasteiger partial charge in [-0.2, -0.15) is 30.7 Å². The molecular weight excluding hydrogens is 297 g/mol. The summed E-state index contributed by atoms with van der Waals surface area (Å²) in [6, 6.07) is 0. The van der Waals surface area contributed by atoms with E-state index < -0.39 is 41.7 Å². The SMILES string of the molecule is COC(=O)C(CC(F)(F)C(F)(F)C(F)(F)F)C(C)(C)C. The van der Waals surface area contributed by atoms with Crippen LogP contribution in [0.3, 0.4) is 0 Å². The minimum absolute atomic E-state index is 0.834. The largest absolute Gasteiger partial charge is 0.469 e. The molecule has 1 atom stereocenters. The number of ether oxygens (including phenoxy) is 1. The predicted molar refractivity (Wildman–Crippen MR) is 55.5 cm³/mol. The maximum atomic E-state index is 13.3. The molecule has 20 heavy (non-hydrogen) atoms. The molecule has 0 aromatic rings. The molecule has 0 bridgehead atoms. The highest BCUT2D eigenvalue weighted by Gasteiger charge is 2.73. The molecule has 0 heterocycles. The lowest BCUT2D eigenvalue weighted by Crippen LogP contribution is -2.54. The molecular formula is C11H15F7O2. The molecule has 0 fully saturated rings. The monoisotopic (exact) mass is 312 g/mol. The fraction of sp³-hybridized carbons (Fsp3) is 0.909. The Labute approximate surface area is 111 Å². The Balaban J connectivity index is 5.48. The molecule has 120 valence electrons. The third-order valence-electron chi connectivity index (χ3n) is 2.81. The summed E-state index contributed by atoms with van der Waals surface area (Å²) in [5.41, 5.74) is -1.27. The lowest BCUT2D eigenvalue weighted by Gasteiger charge is -2.34. The Bertz CT molecular complexity index is 355. The lowest BCUT2D eigenvalue weighted by atomic mass is 9.76. The van der Waals surface area contributed by atoms with Crippen molar-refractivity contribution in [1.82, 2.24) is 0 Å². The van der Waals surface area contributed by atoms with Crippen LogP contribution in [-0.4, -0.2) is 31.1 Å². The van der Waals surface area contributed by atoms with E-state index >= 15 is 0 Å². The van der Waals surface area contributed by atoms with E-state index in [4.69, 9.17) is 0 Å². The van der Waals surface area contributed by atoms with E-state index in [1.54, 1.807) is 0 Å². The van der Waals surface area contributed by atoms with Gasteiger partial charge in [0.25, 0.3) is 0 Å². The van der Waals surface area contributed by atoms with Gasteiger partial charge in [0.05, 0.1) is 13.0 Å². The van der Waals surface area contributed by atoms with Gasteiger partial charge < -0.3 is 4.74 Å². The molecule has 2 nitrogen and oxygen atoms in total. The summed E-state index contributed by atoms with van der Waals surface area (Å²) >= 11 is 0. The first-order chi connectivity index (χ1) is 8.58. The third kappa shape index (κ3) is 3.76. The molecule has 0 N–H and O–H groups in total. The van der Waals surface area contributed by atoms with Crippen LogP contribution in [0, 0.1) is 11.3 Å². The zero-order chi connectivity index (χ0) is 16.6. The zero-order valence-electron chi connectivity index (χ0n) is 11.2. The summed E-state index contributed by atoms with van der Waals surface area (Å²) in [7, 11) is 0.834. The third-order valence-corrected chi connectivity index (χ3v) is 2.81. The van der Waals surface area contributed by atoms with Crippen LogP contribution in [-0.2, 0) is 9.53 Å². The summed E-state index contributed by atoms with van der Waals surface area (Å²) in [6.07, 6.45) is -8.37. The van der Waals surface area contributed by atoms with E-state index in [0.717, 1.165) is 7.11 Å². The zero-order valence-corrected chi connectivity index (χ0v) is 11.2. The van der Waals surface area contributed by atoms with Crippen molar-refractivity contribution in [2.45, 2.75) is 45.2 Å². The second kappa shape index (κ2) is 5.40. The van der Waals surface area contributed by atoms with Crippen molar-refractivity contribution in [3.8, 4) is 0 Å². The summed E-state index contributed by atoms with van der Waals surface area (Å²) in [5.74, 6) is -14.7. The second-order valence-electron chi connectivity index (χ2n) is 5.42. The molecule has 0 aromatic heterocycles. The Morgan fingerprint density at radius 2 is 1.40 bits per heavy atom. The van der Waals surface area contributed by atoms with E-state index in [9.17, 15) is 35.5 Å². The Morgan fingerprint density at radius 3 is 1.65 bits per heavy atom. The smallest absolute Gasteiger partial charge is 0.459 e. The fourth-order valence-electron chi connectivity index (χ4n) is 1.48. The summed E-state index contributed by atoms with van der Waals surface area (Å²) in [5, 5.41) is 0. The van der Waals surface area contributed by atoms with E-state index in [0.29, 0.717) is 0 Å². The summed E-state index contributed by atoms with van der Waals surface area (Å²) in [4.78, 5) is 11.3. The molecule has 0 saturated heterocycles. The van der Waals surface area contributed by atoms with E-state index in [-0.39, 0.29) is 0 Å².